The molecule has 0 unspecified atom stereocenters. The second-order valence-electron chi connectivity index (χ2n) is 1.87. The summed E-state index contributed by atoms with van der Waals surface area (Å²) in [4.78, 5) is 10.4. The minimum absolute atomic E-state index is 0.0768. The summed E-state index contributed by atoms with van der Waals surface area (Å²) in [6, 6.07) is 0. The molecule has 2 heteroatoms. The molecule has 1 fully saturated rings. The van der Waals surface area contributed by atoms with E-state index in [2.05, 4.69) is 11.2 Å². The number of carbonyl (C=O) groups excluding carboxylic acids is 1. The Bertz CT molecular complexity index is 145. The van der Waals surface area contributed by atoms with Gasteiger partial charge >= 0.3 is 0 Å². The Morgan fingerprint density at radius 3 is 2.88 bits per heavy atom. The fraction of sp³-hybridized carbons (Fsp3) is 0.500. The van der Waals surface area contributed by atoms with E-state index in [0.717, 1.165) is 0 Å². The smallest absolute Gasteiger partial charge is 0.221 e. The van der Waals surface area contributed by atoms with Crippen LogP contribution in [0.1, 0.15) is 6.42 Å². The van der Waals surface area contributed by atoms with Crippen LogP contribution in [0.3, 0.4) is 0 Å². The summed E-state index contributed by atoms with van der Waals surface area (Å²) in [5, 5.41) is 2.64. The number of amides is 1. The monoisotopic (exact) mass is 109 g/mol. The molecule has 0 radical (unpaired) electrons. The average molecular weight is 109 g/mol. The van der Waals surface area contributed by atoms with Gasteiger partial charge in [0.05, 0.1) is 0 Å². The van der Waals surface area contributed by atoms with Gasteiger partial charge in [0, 0.05) is 18.9 Å². The van der Waals surface area contributed by atoms with Gasteiger partial charge in [-0.05, 0) is 0 Å². The molecule has 1 amide bonds. The molecule has 0 aliphatic carbocycles. The van der Waals surface area contributed by atoms with Gasteiger partial charge in [0.1, 0.15) is 0 Å². The molecular weight excluding hydrogens is 102 g/mol. The molecule has 1 aliphatic heterocycles. The minimum atomic E-state index is 0.0768. The van der Waals surface area contributed by atoms with E-state index in [1.807, 2.05) is 0 Å². The number of nitrogens with one attached hydrogen (secondary N) is 1. The number of terminal acetylenes is 1. The molecule has 1 heterocycles. The largest absolute Gasteiger partial charge is 0.355 e. The predicted molar refractivity (Wildman–Crippen MR) is 29.9 cm³/mol. The molecular formula is C6H7NO. The zero-order valence-electron chi connectivity index (χ0n) is 4.48. The van der Waals surface area contributed by atoms with E-state index in [-0.39, 0.29) is 11.8 Å². The third-order valence-electron chi connectivity index (χ3n) is 1.21. The Kier molecular flexibility index (Phi) is 1.21. The zero-order valence-corrected chi connectivity index (χ0v) is 4.48. The van der Waals surface area contributed by atoms with Gasteiger partial charge < -0.3 is 5.32 Å². The molecule has 0 aromatic rings. The molecule has 1 rings (SSSR count). The lowest BCUT2D eigenvalue weighted by molar-refractivity contribution is -0.119. The fourth-order valence-corrected chi connectivity index (χ4v) is 0.723. The maximum atomic E-state index is 10.4. The maximum absolute atomic E-state index is 10.4. The number of carbonyl (C=O) groups is 1. The molecule has 42 valence electrons. The van der Waals surface area contributed by atoms with Crippen molar-refractivity contribution in [3.05, 3.63) is 0 Å². The van der Waals surface area contributed by atoms with Gasteiger partial charge in [-0.2, -0.15) is 0 Å². The van der Waals surface area contributed by atoms with E-state index in [4.69, 9.17) is 6.42 Å². The Labute approximate surface area is 48.3 Å². The molecule has 1 aliphatic rings. The lowest BCUT2D eigenvalue weighted by Crippen LogP contribution is -2.13. The van der Waals surface area contributed by atoms with Crippen LogP contribution in [-0.2, 0) is 4.79 Å². The summed E-state index contributed by atoms with van der Waals surface area (Å²) in [6.45, 7) is 0.662. The summed E-state index contributed by atoms with van der Waals surface area (Å²) in [5.41, 5.74) is 0. The van der Waals surface area contributed by atoms with Crippen LogP contribution in [0.2, 0.25) is 0 Å². The molecule has 0 aromatic heterocycles. The zero-order chi connectivity index (χ0) is 5.98. The van der Waals surface area contributed by atoms with Crippen molar-refractivity contribution in [2.45, 2.75) is 6.42 Å². The van der Waals surface area contributed by atoms with Crippen molar-refractivity contribution in [1.82, 2.24) is 5.32 Å². The quantitative estimate of drug-likeness (QED) is 0.427. The summed E-state index contributed by atoms with van der Waals surface area (Å²) in [6.07, 6.45) is 5.56. The fourth-order valence-electron chi connectivity index (χ4n) is 0.723. The van der Waals surface area contributed by atoms with E-state index in [9.17, 15) is 4.79 Å². The maximum Gasteiger partial charge on any atom is 0.221 e. The number of rotatable bonds is 0. The standard InChI is InChI=1S/C6H7NO/c1-2-5-3-6(8)7-4-5/h1,5H,3-4H2,(H,7,8)/t5-/m0/s1. The summed E-state index contributed by atoms with van der Waals surface area (Å²) in [5.74, 6) is 2.73. The first-order chi connectivity index (χ1) is 3.83. The van der Waals surface area contributed by atoms with Crippen molar-refractivity contribution in [2.24, 2.45) is 5.92 Å². The average Bonchev–Trinajstić information content (AvgIpc) is 2.14. The summed E-state index contributed by atoms with van der Waals surface area (Å²) >= 11 is 0. The van der Waals surface area contributed by atoms with Gasteiger partial charge in [0.2, 0.25) is 5.91 Å². The molecule has 1 N–H and O–H groups in total. The van der Waals surface area contributed by atoms with E-state index in [0.29, 0.717) is 13.0 Å². The number of hydrogen-bond acceptors (Lipinski definition) is 1. The van der Waals surface area contributed by atoms with Gasteiger partial charge in [-0.1, -0.05) is 0 Å². The van der Waals surface area contributed by atoms with Crippen molar-refractivity contribution in [2.75, 3.05) is 6.54 Å². The molecule has 0 saturated carbocycles. The Balaban J connectivity index is 2.47. The molecule has 0 spiro atoms. The van der Waals surface area contributed by atoms with Crippen molar-refractivity contribution in [3.63, 3.8) is 0 Å². The van der Waals surface area contributed by atoms with Gasteiger partial charge in [-0.15, -0.1) is 12.3 Å². The Hall–Kier alpha value is -0.970. The van der Waals surface area contributed by atoms with E-state index >= 15 is 0 Å². The molecule has 1 saturated heterocycles. The number of hydrogen-bond donors (Lipinski definition) is 1. The topological polar surface area (TPSA) is 29.1 Å². The summed E-state index contributed by atoms with van der Waals surface area (Å²) in [7, 11) is 0. The van der Waals surface area contributed by atoms with Crippen molar-refractivity contribution in [3.8, 4) is 12.3 Å². The van der Waals surface area contributed by atoms with Crippen LogP contribution in [0, 0.1) is 18.3 Å². The first kappa shape index (κ1) is 5.17. The highest BCUT2D eigenvalue weighted by Gasteiger charge is 2.18. The first-order valence-electron chi connectivity index (χ1n) is 2.56. The van der Waals surface area contributed by atoms with Crippen LogP contribution in [0.15, 0.2) is 0 Å². The van der Waals surface area contributed by atoms with E-state index < -0.39 is 0 Å². The normalized spacial score (nSPS) is 26.9. The Morgan fingerprint density at radius 2 is 2.62 bits per heavy atom. The van der Waals surface area contributed by atoms with Gasteiger partial charge in [-0.25, -0.2) is 0 Å². The van der Waals surface area contributed by atoms with Crippen LogP contribution in [-0.4, -0.2) is 12.5 Å². The molecule has 2 nitrogen and oxygen atoms in total. The van der Waals surface area contributed by atoms with Crippen LogP contribution < -0.4 is 5.32 Å². The van der Waals surface area contributed by atoms with Gasteiger partial charge in [0.15, 0.2) is 0 Å². The minimum Gasteiger partial charge on any atom is -0.355 e. The van der Waals surface area contributed by atoms with Crippen LogP contribution in [0.4, 0.5) is 0 Å². The Morgan fingerprint density at radius 1 is 1.88 bits per heavy atom. The van der Waals surface area contributed by atoms with Crippen molar-refractivity contribution < 1.29 is 4.79 Å². The first-order valence-corrected chi connectivity index (χ1v) is 2.56. The van der Waals surface area contributed by atoms with Crippen molar-refractivity contribution >= 4 is 5.91 Å². The predicted octanol–water partition coefficient (Wildman–Crippen LogP) is -0.244. The molecule has 8 heavy (non-hydrogen) atoms. The van der Waals surface area contributed by atoms with E-state index in [1.165, 1.54) is 0 Å². The highest BCUT2D eigenvalue weighted by molar-refractivity contribution is 5.78. The van der Waals surface area contributed by atoms with Gasteiger partial charge in [-0.3, -0.25) is 4.79 Å². The highest BCUT2D eigenvalue weighted by Crippen LogP contribution is 2.05. The van der Waals surface area contributed by atoms with E-state index in [1.54, 1.807) is 0 Å². The summed E-state index contributed by atoms with van der Waals surface area (Å²) < 4.78 is 0. The SMILES string of the molecule is C#C[C@@H]1CNC(=O)C1. The molecule has 0 bridgehead atoms. The second kappa shape index (κ2) is 1.87. The highest BCUT2D eigenvalue weighted by atomic mass is 16.1. The van der Waals surface area contributed by atoms with Crippen molar-refractivity contribution in [1.29, 1.82) is 0 Å². The van der Waals surface area contributed by atoms with Crippen LogP contribution in [0.5, 0.6) is 0 Å². The van der Waals surface area contributed by atoms with Crippen LogP contribution >= 0.6 is 0 Å². The van der Waals surface area contributed by atoms with Gasteiger partial charge in [0.25, 0.3) is 0 Å². The lowest BCUT2D eigenvalue weighted by Gasteiger charge is -1.89. The third kappa shape index (κ3) is 0.812. The lowest BCUT2D eigenvalue weighted by atomic mass is 10.1. The third-order valence-corrected chi connectivity index (χ3v) is 1.21. The molecule has 0 aromatic carbocycles. The second-order valence-corrected chi connectivity index (χ2v) is 1.87. The molecule has 1 atom stereocenters. The van der Waals surface area contributed by atoms with Crippen LogP contribution in [0.25, 0.3) is 0 Å².